The molecule has 0 saturated carbocycles. The van der Waals surface area contributed by atoms with Gasteiger partial charge < -0.3 is 19.7 Å². The van der Waals surface area contributed by atoms with Gasteiger partial charge in [0.2, 0.25) is 5.91 Å². The van der Waals surface area contributed by atoms with Gasteiger partial charge in [-0.2, -0.15) is 26.3 Å². The summed E-state index contributed by atoms with van der Waals surface area (Å²) >= 11 is 0. The fourth-order valence-electron chi connectivity index (χ4n) is 4.51. The van der Waals surface area contributed by atoms with Gasteiger partial charge in [0.05, 0.1) is 29.9 Å². The minimum Gasteiger partial charge on any atom is -0.448 e. The Hall–Kier alpha value is -2.84. The second-order valence-electron chi connectivity index (χ2n) is 10.2. The molecule has 2 amide bonds. The van der Waals surface area contributed by atoms with Crippen molar-refractivity contribution in [1.82, 2.24) is 20.0 Å². The monoisotopic (exact) mass is 594 g/mol. The number of carbonyl (C=O) groups excluding carboxylic acids is 2. The summed E-state index contributed by atoms with van der Waals surface area (Å²) in [6.07, 6.45) is -8.07. The molecule has 2 heterocycles. The smallest absolute Gasteiger partial charge is 0.416 e. The van der Waals surface area contributed by atoms with E-state index in [2.05, 4.69) is 15.1 Å². The van der Waals surface area contributed by atoms with Crippen molar-refractivity contribution in [2.75, 3.05) is 66.1 Å². The Morgan fingerprint density at radius 1 is 1.02 bits per heavy atom. The third-order valence-corrected chi connectivity index (χ3v) is 7.04. The predicted octanol–water partition coefficient (Wildman–Crippen LogP) is 4.32. The van der Waals surface area contributed by atoms with Crippen molar-refractivity contribution in [2.24, 2.45) is 0 Å². The fraction of sp³-hybridized carbons (Fsp3) is 0.630. The van der Waals surface area contributed by atoms with Crippen LogP contribution >= 0.6 is 0 Å². The Morgan fingerprint density at radius 3 is 2.27 bits per heavy atom. The third-order valence-electron chi connectivity index (χ3n) is 7.04. The van der Waals surface area contributed by atoms with E-state index in [1.807, 2.05) is 7.05 Å². The lowest BCUT2D eigenvalue weighted by Crippen LogP contribution is -2.47. The van der Waals surface area contributed by atoms with E-state index in [0.29, 0.717) is 25.1 Å². The molecular formula is C27H36F6N4O4. The van der Waals surface area contributed by atoms with Crippen LogP contribution in [0.1, 0.15) is 42.6 Å². The second kappa shape index (κ2) is 14.4. The molecule has 2 atom stereocenters. The number of amides is 2. The zero-order valence-corrected chi connectivity index (χ0v) is 23.1. The van der Waals surface area contributed by atoms with Crippen LogP contribution in [-0.4, -0.2) is 98.8 Å². The topological polar surface area (TPSA) is 74.3 Å². The van der Waals surface area contributed by atoms with Gasteiger partial charge in [-0.05, 0) is 44.2 Å². The molecule has 1 unspecified atom stereocenters. The van der Waals surface area contributed by atoms with Crippen molar-refractivity contribution < 1.29 is 45.4 Å². The molecular weight excluding hydrogens is 558 g/mol. The Kier molecular flexibility index (Phi) is 11.4. The average molecular weight is 595 g/mol. The SMILES string of the molecule is C[C@@H](OCC1/C=C\CNC(=O)CCCN1C(=O)OCCN1CCN(C)CC1)c1cc(C(F)(F)F)cc(C(F)(F)F)c1. The minimum absolute atomic E-state index is 0.0639. The Labute approximate surface area is 235 Å². The molecule has 0 aromatic heterocycles. The zero-order chi connectivity index (χ0) is 30.2. The molecule has 0 bridgehead atoms. The summed E-state index contributed by atoms with van der Waals surface area (Å²) in [7, 11) is 2.03. The molecule has 3 rings (SSSR count). The highest BCUT2D eigenvalue weighted by Gasteiger charge is 2.37. The van der Waals surface area contributed by atoms with Gasteiger partial charge in [-0.3, -0.25) is 14.6 Å². The number of halogens is 6. The van der Waals surface area contributed by atoms with Crippen molar-refractivity contribution in [3.8, 4) is 0 Å². The van der Waals surface area contributed by atoms with Crippen molar-refractivity contribution in [2.45, 2.75) is 44.3 Å². The summed E-state index contributed by atoms with van der Waals surface area (Å²) in [5, 5.41) is 2.70. The molecule has 0 spiro atoms. The number of nitrogens with zero attached hydrogens (tertiary/aromatic N) is 3. The molecule has 0 aliphatic carbocycles. The van der Waals surface area contributed by atoms with Gasteiger partial charge in [-0.15, -0.1) is 0 Å². The van der Waals surface area contributed by atoms with Crippen LogP contribution in [0.25, 0.3) is 0 Å². The summed E-state index contributed by atoms with van der Waals surface area (Å²) in [4.78, 5) is 30.8. The van der Waals surface area contributed by atoms with Gasteiger partial charge in [0.1, 0.15) is 6.61 Å². The second-order valence-corrected chi connectivity index (χ2v) is 10.2. The lowest BCUT2D eigenvalue weighted by atomic mass is 10.0. The standard InChI is InChI=1S/C27H36F6N4O4/c1-19(20-15-21(26(28,29)30)17-22(16-20)27(31,32)33)41-18-23-5-3-7-34-24(38)6-4-8-37(23)25(39)40-14-13-36-11-9-35(2)10-12-36/h3,5,15-17,19,23H,4,6-14,18H2,1-2H3,(H,34,38)/b5-3-/t19-,23?/m1/s1. The van der Waals surface area contributed by atoms with Crippen LogP contribution < -0.4 is 5.32 Å². The minimum atomic E-state index is -4.98. The van der Waals surface area contributed by atoms with Crippen molar-refractivity contribution in [3.05, 3.63) is 47.0 Å². The number of hydrogen-bond acceptors (Lipinski definition) is 6. The highest BCUT2D eigenvalue weighted by atomic mass is 19.4. The summed E-state index contributed by atoms with van der Waals surface area (Å²) in [5.74, 6) is -0.189. The molecule has 1 aromatic carbocycles. The maximum Gasteiger partial charge on any atom is 0.416 e. The maximum absolute atomic E-state index is 13.3. The van der Waals surface area contributed by atoms with E-state index >= 15 is 0 Å². The largest absolute Gasteiger partial charge is 0.448 e. The van der Waals surface area contributed by atoms with Crippen molar-refractivity contribution in [1.29, 1.82) is 0 Å². The van der Waals surface area contributed by atoms with Crippen LogP contribution in [0.3, 0.4) is 0 Å². The Morgan fingerprint density at radius 2 is 1.66 bits per heavy atom. The summed E-state index contributed by atoms with van der Waals surface area (Å²) < 4.78 is 91.2. The maximum atomic E-state index is 13.3. The van der Waals surface area contributed by atoms with Crippen LogP contribution in [0.5, 0.6) is 0 Å². The molecule has 230 valence electrons. The number of alkyl halides is 6. The molecule has 2 aliphatic rings. The number of carbonyl (C=O) groups is 2. The van der Waals surface area contributed by atoms with Gasteiger partial charge in [0.15, 0.2) is 0 Å². The van der Waals surface area contributed by atoms with Crippen LogP contribution in [0.4, 0.5) is 31.1 Å². The van der Waals surface area contributed by atoms with E-state index in [9.17, 15) is 35.9 Å². The van der Waals surface area contributed by atoms with E-state index in [-0.39, 0.29) is 50.3 Å². The molecule has 1 aromatic rings. The van der Waals surface area contributed by atoms with Crippen LogP contribution in [-0.2, 0) is 26.6 Å². The van der Waals surface area contributed by atoms with Crippen LogP contribution in [0, 0.1) is 0 Å². The number of ether oxygens (including phenoxy) is 2. The summed E-state index contributed by atoms with van der Waals surface area (Å²) in [5.41, 5.74) is -3.17. The van der Waals surface area contributed by atoms with Crippen LogP contribution in [0.15, 0.2) is 30.4 Å². The first-order valence-electron chi connectivity index (χ1n) is 13.4. The first-order valence-corrected chi connectivity index (χ1v) is 13.4. The third kappa shape index (κ3) is 10.2. The predicted molar refractivity (Wildman–Crippen MR) is 138 cm³/mol. The number of hydrogen-bond donors (Lipinski definition) is 1. The van der Waals surface area contributed by atoms with E-state index in [4.69, 9.17) is 9.47 Å². The van der Waals surface area contributed by atoms with E-state index < -0.39 is 41.7 Å². The summed E-state index contributed by atoms with van der Waals surface area (Å²) in [6.45, 7) is 5.61. The molecule has 1 saturated heterocycles. The molecule has 41 heavy (non-hydrogen) atoms. The number of likely N-dealkylation sites (N-methyl/N-ethyl adjacent to an activating group) is 1. The number of benzene rings is 1. The van der Waals surface area contributed by atoms with E-state index in [1.54, 1.807) is 12.2 Å². The number of nitrogens with one attached hydrogen (secondary N) is 1. The van der Waals surface area contributed by atoms with E-state index in [1.165, 1.54) is 11.8 Å². The lowest BCUT2D eigenvalue weighted by molar-refractivity contribution is -0.143. The average Bonchev–Trinajstić information content (AvgIpc) is 2.90. The van der Waals surface area contributed by atoms with Gasteiger partial charge in [-0.25, -0.2) is 4.79 Å². The molecule has 2 aliphatic heterocycles. The van der Waals surface area contributed by atoms with Gasteiger partial charge in [0, 0.05) is 52.2 Å². The van der Waals surface area contributed by atoms with Crippen molar-refractivity contribution >= 4 is 12.0 Å². The summed E-state index contributed by atoms with van der Waals surface area (Å²) in [6, 6.07) is 0.580. The quantitative estimate of drug-likeness (QED) is 0.375. The van der Waals surface area contributed by atoms with Crippen molar-refractivity contribution in [3.63, 3.8) is 0 Å². The van der Waals surface area contributed by atoms with Gasteiger partial charge >= 0.3 is 18.4 Å². The lowest BCUT2D eigenvalue weighted by Gasteiger charge is -2.33. The molecule has 1 fully saturated rings. The molecule has 0 radical (unpaired) electrons. The fourth-order valence-corrected chi connectivity index (χ4v) is 4.51. The van der Waals surface area contributed by atoms with Crippen LogP contribution in [0.2, 0.25) is 0 Å². The normalized spacial score (nSPS) is 21.7. The highest BCUT2D eigenvalue weighted by Crippen LogP contribution is 2.38. The van der Waals surface area contributed by atoms with E-state index in [0.717, 1.165) is 26.2 Å². The first-order chi connectivity index (χ1) is 19.2. The number of piperazine rings is 1. The van der Waals surface area contributed by atoms with Gasteiger partial charge in [-0.1, -0.05) is 12.2 Å². The first kappa shape index (κ1) is 32.7. The van der Waals surface area contributed by atoms with Gasteiger partial charge in [0.25, 0.3) is 0 Å². The number of rotatable bonds is 7. The zero-order valence-electron chi connectivity index (χ0n) is 23.1. The highest BCUT2D eigenvalue weighted by molar-refractivity contribution is 5.76. The molecule has 8 nitrogen and oxygen atoms in total. The molecule has 14 heteroatoms. The Balaban J connectivity index is 1.72. The Bertz CT molecular complexity index is 1020. The molecule has 1 N–H and O–H groups in total.